The molecule has 2 N–H and O–H groups in total. The first-order valence-corrected chi connectivity index (χ1v) is 9.67. The van der Waals surface area contributed by atoms with Gasteiger partial charge in [0.1, 0.15) is 0 Å². The molecule has 0 spiro atoms. The first-order valence-electron chi connectivity index (χ1n) is 9.67. The Kier molecular flexibility index (Phi) is 6.72. The van der Waals surface area contributed by atoms with E-state index in [9.17, 15) is 4.79 Å². The molecule has 2 aliphatic heterocycles. The van der Waals surface area contributed by atoms with Gasteiger partial charge in [0.15, 0.2) is 0 Å². The van der Waals surface area contributed by atoms with Gasteiger partial charge in [-0.3, -0.25) is 9.69 Å². The Labute approximate surface area is 140 Å². The number of ether oxygens (including phenoxy) is 1. The highest BCUT2D eigenvalue weighted by atomic mass is 16.5. The number of rotatable bonds is 6. The van der Waals surface area contributed by atoms with Gasteiger partial charge in [0.25, 0.3) is 0 Å². The third-order valence-corrected chi connectivity index (χ3v) is 5.64. The second-order valence-corrected chi connectivity index (χ2v) is 7.41. The SMILES string of the molecule is O=C(CCN[C@H]1COC[C@@H]1N1CCCC1)NC1CCCCCC1. The van der Waals surface area contributed by atoms with Gasteiger partial charge in [-0.05, 0) is 38.8 Å². The predicted molar refractivity (Wildman–Crippen MR) is 91.5 cm³/mol. The smallest absolute Gasteiger partial charge is 0.221 e. The Bertz CT molecular complexity index is 363. The average Bonchev–Trinajstić information content (AvgIpc) is 3.15. The molecule has 1 saturated carbocycles. The maximum absolute atomic E-state index is 12.1. The second kappa shape index (κ2) is 9.00. The molecule has 1 aliphatic carbocycles. The van der Waals surface area contributed by atoms with E-state index in [0.717, 1.165) is 32.6 Å². The molecule has 23 heavy (non-hydrogen) atoms. The van der Waals surface area contributed by atoms with Crippen LogP contribution < -0.4 is 10.6 Å². The lowest BCUT2D eigenvalue weighted by Crippen LogP contribution is -2.49. The highest BCUT2D eigenvalue weighted by Gasteiger charge is 2.33. The lowest BCUT2D eigenvalue weighted by Gasteiger charge is -2.28. The van der Waals surface area contributed by atoms with Crippen LogP contribution >= 0.6 is 0 Å². The fourth-order valence-electron chi connectivity index (χ4n) is 4.27. The van der Waals surface area contributed by atoms with Crippen LogP contribution in [0, 0.1) is 0 Å². The molecule has 0 aromatic rings. The number of carbonyl (C=O) groups excluding carboxylic acids is 1. The number of hydrogen-bond donors (Lipinski definition) is 2. The summed E-state index contributed by atoms with van der Waals surface area (Å²) in [6.45, 7) is 4.79. The van der Waals surface area contributed by atoms with Crippen molar-refractivity contribution in [2.45, 2.75) is 75.9 Å². The molecule has 2 atom stereocenters. The van der Waals surface area contributed by atoms with Crippen molar-refractivity contribution in [2.24, 2.45) is 0 Å². The molecule has 2 heterocycles. The van der Waals surface area contributed by atoms with Gasteiger partial charge in [-0.15, -0.1) is 0 Å². The van der Waals surface area contributed by atoms with Gasteiger partial charge in [0, 0.05) is 25.0 Å². The molecular weight excluding hydrogens is 290 g/mol. The fraction of sp³-hybridized carbons (Fsp3) is 0.944. The van der Waals surface area contributed by atoms with Crippen molar-refractivity contribution in [2.75, 3.05) is 32.8 Å². The van der Waals surface area contributed by atoms with Crippen LogP contribution in [0.4, 0.5) is 0 Å². The zero-order valence-electron chi connectivity index (χ0n) is 14.4. The number of amides is 1. The highest BCUT2D eigenvalue weighted by molar-refractivity contribution is 5.76. The Morgan fingerprint density at radius 3 is 2.48 bits per heavy atom. The molecule has 0 aromatic heterocycles. The number of hydrogen-bond acceptors (Lipinski definition) is 4. The standard InChI is InChI=1S/C18H33N3O2/c22-18(20-15-7-3-1-2-4-8-15)9-10-19-16-13-23-14-17(16)21-11-5-6-12-21/h15-17,19H,1-14H2,(H,20,22)/t16-,17-/m0/s1. The molecule has 3 fully saturated rings. The summed E-state index contributed by atoms with van der Waals surface area (Å²) in [4.78, 5) is 14.7. The summed E-state index contributed by atoms with van der Waals surface area (Å²) in [5.74, 6) is 0.209. The quantitative estimate of drug-likeness (QED) is 0.730. The van der Waals surface area contributed by atoms with Crippen LogP contribution in [0.1, 0.15) is 57.8 Å². The van der Waals surface area contributed by atoms with Gasteiger partial charge >= 0.3 is 0 Å². The lowest BCUT2D eigenvalue weighted by atomic mass is 10.1. The average molecular weight is 323 g/mol. The third kappa shape index (κ3) is 5.16. The topological polar surface area (TPSA) is 53.6 Å². The van der Waals surface area contributed by atoms with Crippen LogP contribution in [0.3, 0.4) is 0 Å². The van der Waals surface area contributed by atoms with Gasteiger partial charge < -0.3 is 15.4 Å². The minimum Gasteiger partial charge on any atom is -0.378 e. The second-order valence-electron chi connectivity index (χ2n) is 7.41. The van der Waals surface area contributed by atoms with E-state index in [2.05, 4.69) is 15.5 Å². The zero-order chi connectivity index (χ0) is 15.9. The Morgan fingerprint density at radius 1 is 1.00 bits per heavy atom. The summed E-state index contributed by atoms with van der Waals surface area (Å²) in [5.41, 5.74) is 0. The van der Waals surface area contributed by atoms with Crippen molar-refractivity contribution >= 4 is 5.91 Å². The molecule has 0 unspecified atom stereocenters. The van der Waals surface area contributed by atoms with Crippen LogP contribution in [0.5, 0.6) is 0 Å². The Balaban J connectivity index is 1.34. The molecule has 1 amide bonds. The van der Waals surface area contributed by atoms with Gasteiger partial charge in [-0.1, -0.05) is 25.7 Å². The van der Waals surface area contributed by atoms with Crippen LogP contribution in [-0.2, 0) is 9.53 Å². The van der Waals surface area contributed by atoms with E-state index in [1.54, 1.807) is 0 Å². The molecule has 132 valence electrons. The molecule has 5 nitrogen and oxygen atoms in total. The molecule has 0 radical (unpaired) electrons. The molecule has 5 heteroatoms. The third-order valence-electron chi connectivity index (χ3n) is 5.64. The maximum Gasteiger partial charge on any atom is 0.221 e. The molecule has 0 aromatic carbocycles. The van der Waals surface area contributed by atoms with Gasteiger partial charge in [0.05, 0.1) is 19.3 Å². The van der Waals surface area contributed by atoms with E-state index >= 15 is 0 Å². The van der Waals surface area contributed by atoms with Crippen LogP contribution in [0.25, 0.3) is 0 Å². The first kappa shape index (κ1) is 17.2. The lowest BCUT2D eigenvalue weighted by molar-refractivity contribution is -0.121. The van der Waals surface area contributed by atoms with Crippen LogP contribution in [-0.4, -0.2) is 61.8 Å². The van der Waals surface area contributed by atoms with Gasteiger partial charge in [-0.25, -0.2) is 0 Å². The normalized spacial score (nSPS) is 30.4. The Morgan fingerprint density at radius 2 is 1.74 bits per heavy atom. The van der Waals surface area contributed by atoms with Crippen molar-refractivity contribution in [3.8, 4) is 0 Å². The molecule has 3 rings (SSSR count). The van der Waals surface area contributed by atoms with Gasteiger partial charge in [0.2, 0.25) is 5.91 Å². The highest BCUT2D eigenvalue weighted by Crippen LogP contribution is 2.19. The minimum atomic E-state index is 0.209. The maximum atomic E-state index is 12.1. The largest absolute Gasteiger partial charge is 0.378 e. The van der Waals surface area contributed by atoms with Crippen molar-refractivity contribution in [1.29, 1.82) is 0 Å². The minimum absolute atomic E-state index is 0.209. The van der Waals surface area contributed by atoms with E-state index in [0.29, 0.717) is 24.5 Å². The Hall–Kier alpha value is -0.650. The van der Waals surface area contributed by atoms with E-state index < -0.39 is 0 Å². The molecular formula is C18H33N3O2. The number of carbonyl (C=O) groups is 1. The fourth-order valence-corrected chi connectivity index (χ4v) is 4.27. The van der Waals surface area contributed by atoms with Crippen LogP contribution in [0.2, 0.25) is 0 Å². The number of likely N-dealkylation sites (tertiary alicyclic amines) is 1. The van der Waals surface area contributed by atoms with E-state index in [-0.39, 0.29) is 5.91 Å². The summed E-state index contributed by atoms with van der Waals surface area (Å²) in [7, 11) is 0. The van der Waals surface area contributed by atoms with Gasteiger partial charge in [-0.2, -0.15) is 0 Å². The zero-order valence-corrected chi connectivity index (χ0v) is 14.4. The number of nitrogens with zero attached hydrogens (tertiary/aromatic N) is 1. The predicted octanol–water partition coefficient (Wildman–Crippen LogP) is 1.67. The van der Waals surface area contributed by atoms with E-state index in [4.69, 9.17) is 4.74 Å². The van der Waals surface area contributed by atoms with Crippen molar-refractivity contribution < 1.29 is 9.53 Å². The summed E-state index contributed by atoms with van der Waals surface area (Å²) in [6.07, 6.45) is 10.7. The van der Waals surface area contributed by atoms with Crippen molar-refractivity contribution in [1.82, 2.24) is 15.5 Å². The summed E-state index contributed by atoms with van der Waals surface area (Å²) in [6, 6.07) is 1.30. The first-order chi connectivity index (χ1) is 11.3. The molecule has 3 aliphatic rings. The van der Waals surface area contributed by atoms with Crippen molar-refractivity contribution in [3.05, 3.63) is 0 Å². The summed E-state index contributed by atoms with van der Waals surface area (Å²) >= 11 is 0. The molecule has 2 saturated heterocycles. The van der Waals surface area contributed by atoms with Crippen molar-refractivity contribution in [3.63, 3.8) is 0 Å². The van der Waals surface area contributed by atoms with Crippen LogP contribution in [0.15, 0.2) is 0 Å². The summed E-state index contributed by atoms with van der Waals surface area (Å²) in [5, 5.41) is 6.79. The molecule has 0 bridgehead atoms. The van der Waals surface area contributed by atoms with E-state index in [1.807, 2.05) is 0 Å². The monoisotopic (exact) mass is 323 g/mol. The van der Waals surface area contributed by atoms with E-state index in [1.165, 1.54) is 51.6 Å². The number of nitrogens with one attached hydrogen (secondary N) is 2. The summed E-state index contributed by atoms with van der Waals surface area (Å²) < 4.78 is 5.67.